The van der Waals surface area contributed by atoms with Crippen molar-refractivity contribution in [1.82, 2.24) is 0 Å². The summed E-state index contributed by atoms with van der Waals surface area (Å²) in [4.78, 5) is 9.15. The minimum atomic E-state index is -2.58. The Labute approximate surface area is 221 Å². The van der Waals surface area contributed by atoms with Crippen molar-refractivity contribution in [3.05, 3.63) is 35.4 Å². The molecule has 0 heterocycles. The molecule has 0 aliphatic rings. The SMILES string of the molecule is CCO[Si](CCCN=Cc1ccc(C=NCCC[Si](OCC)(OCC)OCC)cc1)(OCC)OCC. The van der Waals surface area contributed by atoms with Crippen molar-refractivity contribution in [3.63, 3.8) is 0 Å². The lowest BCUT2D eigenvalue weighted by molar-refractivity contribution is 0.0702. The van der Waals surface area contributed by atoms with E-state index in [2.05, 4.69) is 34.3 Å². The zero-order chi connectivity index (χ0) is 26.5. The average molecular weight is 541 g/mol. The normalized spacial score (nSPS) is 12.8. The van der Waals surface area contributed by atoms with E-state index in [9.17, 15) is 0 Å². The van der Waals surface area contributed by atoms with Gasteiger partial charge in [-0.25, -0.2) is 0 Å². The summed E-state index contributed by atoms with van der Waals surface area (Å²) in [5, 5.41) is 0. The van der Waals surface area contributed by atoms with E-state index < -0.39 is 17.6 Å². The molecule has 0 atom stereocenters. The molecule has 0 amide bonds. The van der Waals surface area contributed by atoms with Crippen molar-refractivity contribution in [2.24, 2.45) is 9.98 Å². The third-order valence-electron chi connectivity index (χ3n) is 5.14. The van der Waals surface area contributed by atoms with Gasteiger partial charge < -0.3 is 26.6 Å². The van der Waals surface area contributed by atoms with Crippen LogP contribution in [0.1, 0.15) is 65.5 Å². The number of aliphatic imine (C=N–C) groups is 2. The van der Waals surface area contributed by atoms with Gasteiger partial charge in [0.05, 0.1) is 0 Å². The highest BCUT2D eigenvalue weighted by Crippen LogP contribution is 2.19. The molecule has 0 N–H and O–H groups in total. The van der Waals surface area contributed by atoms with E-state index >= 15 is 0 Å². The molecule has 0 unspecified atom stereocenters. The lowest BCUT2D eigenvalue weighted by Crippen LogP contribution is -2.46. The summed E-state index contributed by atoms with van der Waals surface area (Å²) in [5.74, 6) is 0. The highest BCUT2D eigenvalue weighted by atomic mass is 28.4. The maximum absolute atomic E-state index is 5.90. The Hall–Kier alpha value is -1.25. The Balaban J connectivity index is 2.49. The quantitative estimate of drug-likeness (QED) is 0.111. The topological polar surface area (TPSA) is 80.1 Å². The molecule has 1 aromatic rings. The molecule has 0 aliphatic heterocycles. The number of benzene rings is 1. The van der Waals surface area contributed by atoms with E-state index in [-0.39, 0.29) is 0 Å². The molecule has 0 saturated heterocycles. The zero-order valence-electron chi connectivity index (χ0n) is 23.3. The van der Waals surface area contributed by atoms with E-state index in [1.807, 2.05) is 54.0 Å². The molecule has 8 nitrogen and oxygen atoms in total. The molecule has 0 radical (unpaired) electrons. The first-order valence-corrected chi connectivity index (χ1v) is 17.3. The van der Waals surface area contributed by atoms with Gasteiger partial charge >= 0.3 is 17.6 Å². The van der Waals surface area contributed by atoms with Crippen LogP contribution in [0.25, 0.3) is 0 Å². The van der Waals surface area contributed by atoms with Crippen LogP contribution in [0.2, 0.25) is 12.1 Å². The molecule has 1 rings (SSSR count). The Kier molecular flexibility index (Phi) is 18.0. The Morgan fingerprint density at radius 3 is 1.06 bits per heavy atom. The van der Waals surface area contributed by atoms with Gasteiger partial charge in [-0.1, -0.05) is 24.3 Å². The van der Waals surface area contributed by atoms with Gasteiger partial charge in [0.2, 0.25) is 0 Å². The third kappa shape index (κ3) is 12.8. The molecule has 10 heteroatoms. The fourth-order valence-corrected chi connectivity index (χ4v) is 8.97. The van der Waals surface area contributed by atoms with Gasteiger partial charge in [-0.15, -0.1) is 0 Å². The fraction of sp³-hybridized carbons (Fsp3) is 0.692. The number of rotatable bonds is 22. The van der Waals surface area contributed by atoms with E-state index in [1.165, 1.54) is 0 Å². The maximum atomic E-state index is 5.90. The molecule has 0 aliphatic carbocycles. The van der Waals surface area contributed by atoms with Crippen LogP contribution in [0.4, 0.5) is 0 Å². The molecule has 206 valence electrons. The lowest BCUT2D eigenvalue weighted by Gasteiger charge is -2.28. The molecule has 0 bridgehead atoms. The van der Waals surface area contributed by atoms with Gasteiger partial charge in [0.15, 0.2) is 0 Å². The number of nitrogens with zero attached hydrogens (tertiary/aromatic N) is 2. The summed E-state index contributed by atoms with van der Waals surface area (Å²) < 4.78 is 35.4. The molecule has 1 aromatic carbocycles. The van der Waals surface area contributed by atoms with Crippen molar-refractivity contribution < 1.29 is 26.6 Å². The summed E-state index contributed by atoms with van der Waals surface area (Å²) in [6, 6.07) is 9.78. The molecule has 0 aromatic heterocycles. The van der Waals surface area contributed by atoms with Crippen LogP contribution >= 0.6 is 0 Å². The van der Waals surface area contributed by atoms with Crippen molar-refractivity contribution in [2.45, 2.75) is 66.5 Å². The number of hydrogen-bond donors (Lipinski definition) is 0. The Bertz CT molecular complexity index is 639. The van der Waals surface area contributed by atoms with Gasteiger partial charge in [-0.2, -0.15) is 0 Å². The molecule has 0 fully saturated rings. The van der Waals surface area contributed by atoms with Crippen LogP contribution in [-0.4, -0.2) is 82.8 Å². The predicted molar refractivity (Wildman–Crippen MR) is 151 cm³/mol. The van der Waals surface area contributed by atoms with Crippen LogP contribution < -0.4 is 0 Å². The first-order valence-electron chi connectivity index (χ1n) is 13.5. The fourth-order valence-electron chi connectivity index (χ4n) is 3.78. The van der Waals surface area contributed by atoms with Crippen molar-refractivity contribution >= 4 is 30.0 Å². The second-order valence-electron chi connectivity index (χ2n) is 7.91. The lowest BCUT2D eigenvalue weighted by atomic mass is 10.1. The van der Waals surface area contributed by atoms with Crippen LogP contribution in [0.15, 0.2) is 34.3 Å². The monoisotopic (exact) mass is 540 g/mol. The van der Waals surface area contributed by atoms with Gasteiger partial charge in [-0.3, -0.25) is 9.98 Å². The van der Waals surface area contributed by atoms with Gasteiger partial charge in [0, 0.05) is 77.2 Å². The van der Waals surface area contributed by atoms with E-state index in [1.54, 1.807) is 0 Å². The smallest absolute Gasteiger partial charge is 0.374 e. The predicted octanol–water partition coefficient (Wildman–Crippen LogP) is 5.40. The Morgan fingerprint density at radius 2 is 0.806 bits per heavy atom. The zero-order valence-corrected chi connectivity index (χ0v) is 25.3. The van der Waals surface area contributed by atoms with E-state index in [4.69, 9.17) is 26.6 Å². The van der Waals surface area contributed by atoms with Crippen LogP contribution in [0.3, 0.4) is 0 Å². The van der Waals surface area contributed by atoms with Gasteiger partial charge in [0.25, 0.3) is 0 Å². The van der Waals surface area contributed by atoms with E-state index in [0.717, 1.165) is 36.1 Å². The maximum Gasteiger partial charge on any atom is 0.500 e. The highest BCUT2D eigenvalue weighted by Gasteiger charge is 2.40. The molecule has 36 heavy (non-hydrogen) atoms. The first kappa shape index (κ1) is 32.8. The first-order chi connectivity index (χ1) is 17.5. The van der Waals surface area contributed by atoms with Crippen molar-refractivity contribution in [1.29, 1.82) is 0 Å². The largest absolute Gasteiger partial charge is 0.500 e. The molecular weight excluding hydrogens is 492 g/mol. The molecule has 0 saturated carbocycles. The molecule has 0 spiro atoms. The van der Waals surface area contributed by atoms with Crippen molar-refractivity contribution in [2.75, 3.05) is 52.7 Å². The second-order valence-corrected chi connectivity index (χ2v) is 13.4. The Morgan fingerprint density at radius 1 is 0.528 bits per heavy atom. The third-order valence-corrected chi connectivity index (χ3v) is 11.4. The van der Waals surface area contributed by atoms with E-state index in [0.29, 0.717) is 52.7 Å². The van der Waals surface area contributed by atoms with Crippen molar-refractivity contribution in [3.8, 4) is 0 Å². The minimum Gasteiger partial charge on any atom is -0.374 e. The summed E-state index contributed by atoms with van der Waals surface area (Å²) in [5.41, 5.74) is 2.13. The van der Waals surface area contributed by atoms with Gasteiger partial charge in [0.1, 0.15) is 0 Å². The number of hydrogen-bond acceptors (Lipinski definition) is 8. The van der Waals surface area contributed by atoms with Crippen LogP contribution in [-0.2, 0) is 26.6 Å². The van der Waals surface area contributed by atoms with Gasteiger partial charge in [-0.05, 0) is 65.5 Å². The average Bonchev–Trinajstić information content (AvgIpc) is 2.85. The summed E-state index contributed by atoms with van der Waals surface area (Å²) in [6.45, 7) is 16.9. The highest BCUT2D eigenvalue weighted by molar-refractivity contribution is 6.61. The summed E-state index contributed by atoms with van der Waals surface area (Å²) in [7, 11) is -5.16. The molecular formula is C26H48N2O6Si2. The summed E-state index contributed by atoms with van der Waals surface area (Å²) in [6.07, 6.45) is 5.55. The second kappa shape index (κ2) is 19.8. The van der Waals surface area contributed by atoms with Crippen LogP contribution in [0.5, 0.6) is 0 Å². The van der Waals surface area contributed by atoms with Crippen LogP contribution in [0, 0.1) is 0 Å². The standard InChI is InChI=1S/C26H48N2O6Si2/c1-7-29-35(30-8-2,31-9-3)21-13-19-27-23-25-15-17-26(18-16-25)24-28-20-14-22-36(32-10-4,33-11-5)34-12-6/h15-18,23-24H,7-14,19-22H2,1-6H3. The minimum absolute atomic E-state index is 0.599. The summed E-state index contributed by atoms with van der Waals surface area (Å²) >= 11 is 0.